The highest BCUT2D eigenvalue weighted by atomic mass is 19.4. The third kappa shape index (κ3) is 2.79. The van der Waals surface area contributed by atoms with Crippen LogP contribution in [0.25, 0.3) is 27.5 Å². The smallest absolute Gasteiger partial charge is 0.343 e. The minimum absolute atomic E-state index is 0.0488. The SMILES string of the molecule is CC(C)c1cc(=O)n2nc(C(F)(F)F)c(-c3cccc4ccccc34)c2[nH]1. The Morgan fingerprint density at radius 1 is 1.07 bits per heavy atom. The highest BCUT2D eigenvalue weighted by Crippen LogP contribution is 2.40. The Labute approximate surface area is 152 Å². The number of H-pyrrole nitrogens is 1. The van der Waals surface area contributed by atoms with Crippen LogP contribution in [0.3, 0.4) is 0 Å². The van der Waals surface area contributed by atoms with Gasteiger partial charge in [-0.3, -0.25) is 4.79 Å². The summed E-state index contributed by atoms with van der Waals surface area (Å²) in [6.45, 7) is 3.72. The van der Waals surface area contributed by atoms with Gasteiger partial charge < -0.3 is 4.98 Å². The van der Waals surface area contributed by atoms with E-state index in [1.165, 1.54) is 6.07 Å². The molecule has 4 nitrogen and oxygen atoms in total. The number of aromatic nitrogens is 3. The molecule has 0 unspecified atom stereocenters. The van der Waals surface area contributed by atoms with Gasteiger partial charge in [0.05, 0.1) is 5.56 Å². The lowest BCUT2D eigenvalue weighted by Gasteiger charge is -2.11. The van der Waals surface area contributed by atoms with Gasteiger partial charge in [0, 0.05) is 11.8 Å². The van der Waals surface area contributed by atoms with Gasteiger partial charge in [0.25, 0.3) is 5.56 Å². The predicted molar refractivity (Wildman–Crippen MR) is 97.8 cm³/mol. The van der Waals surface area contributed by atoms with E-state index in [1.54, 1.807) is 24.3 Å². The van der Waals surface area contributed by atoms with Gasteiger partial charge in [-0.1, -0.05) is 56.3 Å². The Bertz CT molecular complexity index is 1210. The van der Waals surface area contributed by atoms with E-state index >= 15 is 0 Å². The number of aromatic amines is 1. The molecule has 138 valence electrons. The van der Waals surface area contributed by atoms with Crippen molar-refractivity contribution in [3.05, 3.63) is 70.3 Å². The molecule has 2 aromatic heterocycles. The number of hydrogen-bond acceptors (Lipinski definition) is 2. The van der Waals surface area contributed by atoms with Crippen molar-refractivity contribution in [2.45, 2.75) is 25.9 Å². The van der Waals surface area contributed by atoms with E-state index in [4.69, 9.17) is 0 Å². The van der Waals surface area contributed by atoms with Crippen LogP contribution >= 0.6 is 0 Å². The highest BCUT2D eigenvalue weighted by Gasteiger charge is 2.39. The molecular formula is C20H16F3N3O. The summed E-state index contributed by atoms with van der Waals surface area (Å²) in [5, 5.41) is 5.09. The van der Waals surface area contributed by atoms with E-state index in [2.05, 4.69) is 10.1 Å². The lowest BCUT2D eigenvalue weighted by atomic mass is 9.98. The first kappa shape index (κ1) is 17.3. The minimum atomic E-state index is -4.70. The maximum atomic E-state index is 13.8. The van der Waals surface area contributed by atoms with Gasteiger partial charge in [-0.15, -0.1) is 0 Å². The van der Waals surface area contributed by atoms with Crippen molar-refractivity contribution in [1.29, 1.82) is 0 Å². The summed E-state index contributed by atoms with van der Waals surface area (Å²) in [4.78, 5) is 15.4. The number of alkyl halides is 3. The Kier molecular flexibility index (Phi) is 3.83. The third-order valence-corrected chi connectivity index (χ3v) is 4.59. The fourth-order valence-corrected chi connectivity index (χ4v) is 3.27. The zero-order valence-corrected chi connectivity index (χ0v) is 14.6. The molecule has 0 saturated carbocycles. The summed E-state index contributed by atoms with van der Waals surface area (Å²) >= 11 is 0. The second kappa shape index (κ2) is 5.97. The Hall–Kier alpha value is -3.09. The van der Waals surface area contributed by atoms with Crippen LogP contribution in [0.1, 0.15) is 31.2 Å². The van der Waals surface area contributed by atoms with E-state index in [0.717, 1.165) is 9.90 Å². The standard InChI is InChI=1S/C20H16F3N3O/c1-11(2)15-10-16(27)26-19(24-15)17(18(25-26)20(21,22)23)14-9-5-7-12-6-3-4-8-13(12)14/h3-11,24H,1-2H3. The van der Waals surface area contributed by atoms with Crippen LogP contribution in [-0.4, -0.2) is 14.6 Å². The molecule has 4 aromatic rings. The number of fused-ring (bicyclic) bond motifs is 2. The second-order valence-corrected chi connectivity index (χ2v) is 6.73. The summed E-state index contributed by atoms with van der Waals surface area (Å²) in [5.41, 5.74) is -0.791. The summed E-state index contributed by atoms with van der Waals surface area (Å²) in [6.07, 6.45) is -4.70. The van der Waals surface area contributed by atoms with Crippen molar-refractivity contribution in [3.63, 3.8) is 0 Å². The number of halogens is 3. The van der Waals surface area contributed by atoms with Gasteiger partial charge in [-0.2, -0.15) is 22.8 Å². The van der Waals surface area contributed by atoms with Gasteiger partial charge in [-0.25, -0.2) is 0 Å². The maximum absolute atomic E-state index is 13.8. The normalized spacial score (nSPS) is 12.4. The van der Waals surface area contributed by atoms with Crippen LogP contribution in [0, 0.1) is 0 Å². The molecule has 2 heterocycles. The lowest BCUT2D eigenvalue weighted by Crippen LogP contribution is -2.17. The number of hydrogen-bond donors (Lipinski definition) is 1. The lowest BCUT2D eigenvalue weighted by molar-refractivity contribution is -0.140. The van der Waals surface area contributed by atoms with Crippen LogP contribution in [0.2, 0.25) is 0 Å². The molecule has 0 amide bonds. The molecule has 7 heteroatoms. The van der Waals surface area contributed by atoms with Gasteiger partial charge in [0.1, 0.15) is 5.65 Å². The second-order valence-electron chi connectivity index (χ2n) is 6.73. The van der Waals surface area contributed by atoms with E-state index in [0.29, 0.717) is 16.6 Å². The van der Waals surface area contributed by atoms with Crippen molar-refractivity contribution < 1.29 is 13.2 Å². The van der Waals surface area contributed by atoms with Crippen molar-refractivity contribution in [2.24, 2.45) is 0 Å². The average Bonchev–Trinajstić information content (AvgIpc) is 3.01. The summed E-state index contributed by atoms with van der Waals surface area (Å²) < 4.78 is 42.1. The van der Waals surface area contributed by atoms with Crippen LogP contribution in [-0.2, 0) is 6.18 Å². The van der Waals surface area contributed by atoms with Crippen molar-refractivity contribution in [2.75, 3.05) is 0 Å². The molecule has 4 rings (SSSR count). The molecule has 0 spiro atoms. The Morgan fingerprint density at radius 2 is 1.78 bits per heavy atom. The third-order valence-electron chi connectivity index (χ3n) is 4.59. The van der Waals surface area contributed by atoms with E-state index in [1.807, 2.05) is 32.0 Å². The average molecular weight is 371 g/mol. The van der Waals surface area contributed by atoms with Crippen LogP contribution in [0.15, 0.2) is 53.3 Å². The maximum Gasteiger partial charge on any atom is 0.435 e. The summed E-state index contributed by atoms with van der Waals surface area (Å²) in [5.74, 6) is -0.0488. The van der Waals surface area contributed by atoms with Gasteiger partial charge in [0.2, 0.25) is 0 Å². The molecule has 1 N–H and O–H groups in total. The minimum Gasteiger partial charge on any atom is -0.343 e. The molecule has 0 aliphatic heterocycles. The van der Waals surface area contributed by atoms with Gasteiger partial charge in [-0.05, 0) is 22.3 Å². The zero-order valence-electron chi connectivity index (χ0n) is 14.6. The topological polar surface area (TPSA) is 50.2 Å². The number of nitrogens with one attached hydrogen (secondary N) is 1. The van der Waals surface area contributed by atoms with Crippen molar-refractivity contribution >= 4 is 16.4 Å². The first-order valence-electron chi connectivity index (χ1n) is 8.48. The molecule has 0 atom stereocenters. The molecule has 0 aliphatic rings. The van der Waals surface area contributed by atoms with Crippen LogP contribution in [0.4, 0.5) is 13.2 Å². The Morgan fingerprint density at radius 3 is 2.48 bits per heavy atom. The highest BCUT2D eigenvalue weighted by molar-refractivity contribution is 6.00. The fraction of sp³-hybridized carbons (Fsp3) is 0.200. The van der Waals surface area contributed by atoms with Crippen LogP contribution < -0.4 is 5.56 Å². The quantitative estimate of drug-likeness (QED) is 0.540. The van der Waals surface area contributed by atoms with E-state index in [9.17, 15) is 18.0 Å². The summed E-state index contributed by atoms with van der Waals surface area (Å²) in [6, 6.07) is 13.6. The first-order valence-corrected chi connectivity index (χ1v) is 8.48. The molecule has 0 bridgehead atoms. The molecule has 0 fully saturated rings. The molecular weight excluding hydrogens is 355 g/mol. The number of nitrogens with zero attached hydrogens (tertiary/aromatic N) is 2. The molecule has 2 aromatic carbocycles. The molecule has 0 aliphatic carbocycles. The van der Waals surface area contributed by atoms with E-state index in [-0.39, 0.29) is 17.1 Å². The molecule has 27 heavy (non-hydrogen) atoms. The summed E-state index contributed by atoms with van der Waals surface area (Å²) in [7, 11) is 0. The Balaban J connectivity index is 2.19. The fourth-order valence-electron chi connectivity index (χ4n) is 3.27. The van der Waals surface area contributed by atoms with Gasteiger partial charge >= 0.3 is 6.18 Å². The largest absolute Gasteiger partial charge is 0.435 e. The zero-order chi connectivity index (χ0) is 19.3. The monoisotopic (exact) mass is 371 g/mol. The first-order chi connectivity index (χ1) is 12.8. The molecule has 0 radical (unpaired) electrons. The molecule has 0 saturated heterocycles. The predicted octanol–water partition coefficient (Wildman–Crippen LogP) is 4.99. The van der Waals surface area contributed by atoms with Gasteiger partial charge in [0.15, 0.2) is 5.69 Å². The van der Waals surface area contributed by atoms with E-state index < -0.39 is 17.4 Å². The number of benzene rings is 2. The van der Waals surface area contributed by atoms with Crippen LogP contribution in [0.5, 0.6) is 0 Å². The van der Waals surface area contributed by atoms with Crippen molar-refractivity contribution in [3.8, 4) is 11.1 Å². The number of rotatable bonds is 2. The van der Waals surface area contributed by atoms with Crippen molar-refractivity contribution in [1.82, 2.24) is 14.6 Å².